The number of halogens is 4. The Kier molecular flexibility index (Phi) is 4.52. The summed E-state index contributed by atoms with van der Waals surface area (Å²) in [4.78, 5) is 0. The van der Waals surface area contributed by atoms with E-state index in [1.165, 1.54) is 12.1 Å². The first-order chi connectivity index (χ1) is 8.97. The summed E-state index contributed by atoms with van der Waals surface area (Å²) in [6.45, 7) is 2.10. The maximum atomic E-state index is 12.9. The first-order valence-electron chi connectivity index (χ1n) is 5.96. The normalized spacial score (nSPS) is 16.1. The van der Waals surface area contributed by atoms with Gasteiger partial charge in [0.05, 0.1) is 5.56 Å². The van der Waals surface area contributed by atoms with Crippen molar-refractivity contribution in [2.24, 2.45) is 0 Å². The third-order valence-corrected chi connectivity index (χ3v) is 3.44. The van der Waals surface area contributed by atoms with Gasteiger partial charge in [-0.25, -0.2) is 0 Å². The molecule has 1 aliphatic rings. The summed E-state index contributed by atoms with van der Waals surface area (Å²) in [7, 11) is 0. The monoisotopic (exact) mass is 334 g/mol. The highest BCUT2D eigenvalue weighted by molar-refractivity contribution is 9.10. The van der Waals surface area contributed by atoms with E-state index in [2.05, 4.69) is 26.6 Å². The minimum atomic E-state index is -4.34. The lowest BCUT2D eigenvalue weighted by molar-refractivity contribution is -0.136. The van der Waals surface area contributed by atoms with E-state index >= 15 is 0 Å². The summed E-state index contributed by atoms with van der Waals surface area (Å²) in [6.07, 6.45) is -1.46. The Morgan fingerprint density at radius 3 is 2.74 bits per heavy atom. The lowest BCUT2D eigenvalue weighted by Crippen LogP contribution is -2.23. The molecule has 6 heteroatoms. The fourth-order valence-corrected chi connectivity index (χ4v) is 2.31. The van der Waals surface area contributed by atoms with E-state index in [4.69, 9.17) is 0 Å². The second kappa shape index (κ2) is 5.96. The van der Waals surface area contributed by atoms with E-state index in [1.807, 2.05) is 6.08 Å². The molecule has 0 fully saturated rings. The van der Waals surface area contributed by atoms with E-state index in [0.717, 1.165) is 31.1 Å². The Morgan fingerprint density at radius 1 is 1.32 bits per heavy atom. The van der Waals surface area contributed by atoms with Gasteiger partial charge in [-0.05, 0) is 31.2 Å². The third-order valence-electron chi connectivity index (χ3n) is 2.95. The fourth-order valence-electron chi connectivity index (χ4n) is 1.95. The molecule has 0 bridgehead atoms. The van der Waals surface area contributed by atoms with Crippen molar-refractivity contribution in [1.29, 1.82) is 0 Å². The van der Waals surface area contributed by atoms with Gasteiger partial charge in [-0.3, -0.25) is 0 Å². The molecule has 0 saturated carbocycles. The van der Waals surface area contributed by atoms with Gasteiger partial charge in [-0.2, -0.15) is 13.2 Å². The summed E-state index contributed by atoms with van der Waals surface area (Å²) in [5.74, 6) is 0. The van der Waals surface area contributed by atoms with Crippen LogP contribution in [0.1, 0.15) is 12.0 Å². The summed E-state index contributed by atoms with van der Waals surface area (Å²) in [5.41, 5.74) is 0.610. The topological polar surface area (TPSA) is 24.1 Å². The third kappa shape index (κ3) is 3.98. The molecule has 19 heavy (non-hydrogen) atoms. The Hall–Kier alpha value is -1.01. The molecule has 2 rings (SSSR count). The molecule has 0 spiro atoms. The maximum Gasteiger partial charge on any atom is 0.418 e. The summed E-state index contributed by atoms with van der Waals surface area (Å²) in [6, 6.07) is 3.95. The van der Waals surface area contributed by atoms with Crippen LogP contribution in [0.15, 0.2) is 34.3 Å². The number of nitrogens with one attached hydrogen (secondary N) is 2. The average molecular weight is 335 g/mol. The van der Waals surface area contributed by atoms with Gasteiger partial charge in [0.25, 0.3) is 0 Å². The van der Waals surface area contributed by atoms with Crippen molar-refractivity contribution >= 4 is 21.6 Å². The van der Waals surface area contributed by atoms with Crippen LogP contribution < -0.4 is 10.6 Å². The van der Waals surface area contributed by atoms with Crippen LogP contribution in [-0.2, 0) is 6.18 Å². The fraction of sp³-hybridized carbons (Fsp3) is 0.385. The Morgan fingerprint density at radius 2 is 2.11 bits per heavy atom. The van der Waals surface area contributed by atoms with Crippen molar-refractivity contribution in [3.63, 3.8) is 0 Å². The lowest BCUT2D eigenvalue weighted by Gasteiger charge is -2.18. The number of hydrogen-bond donors (Lipinski definition) is 2. The van der Waals surface area contributed by atoms with E-state index < -0.39 is 11.7 Å². The number of benzene rings is 1. The largest absolute Gasteiger partial charge is 0.418 e. The van der Waals surface area contributed by atoms with Crippen molar-refractivity contribution in [1.82, 2.24) is 5.32 Å². The van der Waals surface area contributed by atoms with Crippen LogP contribution >= 0.6 is 15.9 Å². The predicted octanol–water partition coefficient (Wildman–Crippen LogP) is 3.80. The van der Waals surface area contributed by atoms with Gasteiger partial charge in [0.15, 0.2) is 0 Å². The highest BCUT2D eigenvalue weighted by Gasteiger charge is 2.33. The molecule has 2 N–H and O–H groups in total. The summed E-state index contributed by atoms with van der Waals surface area (Å²) in [5, 5.41) is 6.05. The predicted molar refractivity (Wildman–Crippen MR) is 73.2 cm³/mol. The molecule has 1 aromatic rings. The van der Waals surface area contributed by atoms with Crippen molar-refractivity contribution in [3.05, 3.63) is 39.9 Å². The van der Waals surface area contributed by atoms with Gasteiger partial charge >= 0.3 is 6.18 Å². The van der Waals surface area contributed by atoms with Crippen molar-refractivity contribution in [3.8, 4) is 0 Å². The zero-order valence-corrected chi connectivity index (χ0v) is 11.7. The molecule has 0 aliphatic carbocycles. The van der Waals surface area contributed by atoms with Crippen molar-refractivity contribution in [2.75, 3.05) is 25.0 Å². The zero-order chi connectivity index (χ0) is 13.9. The van der Waals surface area contributed by atoms with Crippen molar-refractivity contribution in [2.45, 2.75) is 12.6 Å². The Bertz CT molecular complexity index is 483. The second-order valence-corrected chi connectivity index (χ2v) is 5.27. The van der Waals surface area contributed by atoms with Crippen LogP contribution in [0.4, 0.5) is 18.9 Å². The van der Waals surface area contributed by atoms with Crippen LogP contribution in [-0.4, -0.2) is 19.6 Å². The molecular weight excluding hydrogens is 321 g/mol. The van der Waals surface area contributed by atoms with E-state index in [0.29, 0.717) is 11.0 Å². The molecule has 1 aliphatic heterocycles. The number of rotatable bonds is 3. The van der Waals surface area contributed by atoms with E-state index in [-0.39, 0.29) is 5.69 Å². The molecule has 1 heterocycles. The quantitative estimate of drug-likeness (QED) is 0.821. The molecule has 0 amide bonds. The van der Waals surface area contributed by atoms with Crippen LogP contribution in [0, 0.1) is 0 Å². The molecular formula is C13H14BrF3N2. The molecule has 104 valence electrons. The lowest BCUT2D eigenvalue weighted by atomic mass is 10.1. The molecule has 2 nitrogen and oxygen atoms in total. The van der Waals surface area contributed by atoms with Gasteiger partial charge in [0, 0.05) is 23.2 Å². The highest BCUT2D eigenvalue weighted by atomic mass is 79.9. The van der Waals surface area contributed by atoms with E-state index in [1.54, 1.807) is 0 Å². The molecule has 0 aromatic heterocycles. The standard InChI is InChI=1S/C13H14BrF3N2/c14-10-1-2-11(13(15,16)17)12(7-10)19-8-9-3-5-18-6-4-9/h1-3,7,18-19H,4-6,8H2. The number of anilines is 1. The highest BCUT2D eigenvalue weighted by Crippen LogP contribution is 2.36. The zero-order valence-electron chi connectivity index (χ0n) is 10.1. The van der Waals surface area contributed by atoms with Crippen LogP contribution in [0.25, 0.3) is 0 Å². The minimum Gasteiger partial charge on any atom is -0.381 e. The van der Waals surface area contributed by atoms with Crippen LogP contribution in [0.2, 0.25) is 0 Å². The first-order valence-corrected chi connectivity index (χ1v) is 6.75. The van der Waals surface area contributed by atoms with Crippen LogP contribution in [0.5, 0.6) is 0 Å². The molecule has 0 atom stereocenters. The first kappa shape index (κ1) is 14.4. The van der Waals surface area contributed by atoms with Crippen molar-refractivity contribution < 1.29 is 13.2 Å². The SMILES string of the molecule is FC(F)(F)c1ccc(Br)cc1NCC1=CCNCC1. The van der Waals surface area contributed by atoms with Crippen LogP contribution in [0.3, 0.4) is 0 Å². The van der Waals surface area contributed by atoms with Gasteiger partial charge in [0.1, 0.15) is 0 Å². The molecule has 0 radical (unpaired) electrons. The summed E-state index contributed by atoms with van der Waals surface area (Å²) >= 11 is 3.20. The van der Waals surface area contributed by atoms with Gasteiger partial charge in [-0.1, -0.05) is 27.6 Å². The Balaban J connectivity index is 2.14. The van der Waals surface area contributed by atoms with Gasteiger partial charge in [-0.15, -0.1) is 0 Å². The van der Waals surface area contributed by atoms with E-state index in [9.17, 15) is 13.2 Å². The minimum absolute atomic E-state index is 0.112. The number of hydrogen-bond acceptors (Lipinski definition) is 2. The maximum absolute atomic E-state index is 12.9. The van der Waals surface area contributed by atoms with Gasteiger partial charge in [0.2, 0.25) is 0 Å². The molecule has 1 aromatic carbocycles. The second-order valence-electron chi connectivity index (χ2n) is 4.36. The average Bonchev–Trinajstić information content (AvgIpc) is 2.36. The summed E-state index contributed by atoms with van der Waals surface area (Å²) < 4.78 is 39.2. The van der Waals surface area contributed by atoms with Gasteiger partial charge < -0.3 is 10.6 Å². The Labute approximate surface area is 118 Å². The molecule has 0 saturated heterocycles. The number of alkyl halides is 3. The smallest absolute Gasteiger partial charge is 0.381 e. The molecule has 0 unspecified atom stereocenters.